The van der Waals surface area contributed by atoms with E-state index in [-0.39, 0.29) is 18.2 Å². The molecule has 0 saturated carbocycles. The Labute approximate surface area is 141 Å². The van der Waals surface area contributed by atoms with Crippen molar-refractivity contribution in [2.75, 3.05) is 11.9 Å². The third-order valence-electron chi connectivity index (χ3n) is 4.50. The number of hydrogen-bond donors (Lipinski definition) is 3. The number of benzene rings is 1. The minimum absolute atomic E-state index is 0.126. The van der Waals surface area contributed by atoms with Crippen LogP contribution in [0.25, 0.3) is 0 Å². The number of aromatic nitrogens is 2. The molecule has 6 heteroatoms. The van der Waals surface area contributed by atoms with E-state index in [0.717, 1.165) is 12.0 Å². The molecule has 3 N–H and O–H groups in total. The molecule has 0 radical (unpaired) electrons. The highest BCUT2D eigenvalue weighted by Gasteiger charge is 2.39. The third-order valence-corrected chi connectivity index (χ3v) is 4.50. The van der Waals surface area contributed by atoms with Gasteiger partial charge in [0.2, 0.25) is 0 Å². The zero-order valence-corrected chi connectivity index (χ0v) is 14.3. The number of fused-ring (bicyclic) bond motifs is 1. The normalized spacial score (nSPS) is 19.8. The van der Waals surface area contributed by atoms with Crippen molar-refractivity contribution in [1.82, 2.24) is 15.1 Å². The van der Waals surface area contributed by atoms with Gasteiger partial charge in [-0.3, -0.25) is 4.68 Å². The van der Waals surface area contributed by atoms with Gasteiger partial charge in [0, 0.05) is 6.20 Å². The van der Waals surface area contributed by atoms with E-state index >= 15 is 0 Å². The highest BCUT2D eigenvalue weighted by Crippen LogP contribution is 2.36. The number of nitrogens with one attached hydrogen (secondary N) is 2. The van der Waals surface area contributed by atoms with Crippen molar-refractivity contribution in [3.05, 3.63) is 47.8 Å². The first-order valence-corrected chi connectivity index (χ1v) is 8.18. The zero-order chi connectivity index (χ0) is 17.4. The number of nitrogens with zero attached hydrogens (tertiary/aromatic N) is 2. The summed E-state index contributed by atoms with van der Waals surface area (Å²) in [6.45, 7) is 6.00. The van der Waals surface area contributed by atoms with Crippen molar-refractivity contribution in [3.63, 3.8) is 0 Å². The molecule has 1 aliphatic carbocycles. The van der Waals surface area contributed by atoms with Crippen molar-refractivity contribution < 1.29 is 9.90 Å². The number of carbonyl (C=O) groups is 1. The average molecular weight is 328 g/mol. The predicted octanol–water partition coefficient (Wildman–Crippen LogP) is 2.59. The van der Waals surface area contributed by atoms with Gasteiger partial charge in [0.15, 0.2) is 0 Å². The Morgan fingerprint density at radius 3 is 2.79 bits per heavy atom. The molecule has 1 aliphatic rings. The Morgan fingerprint density at radius 1 is 1.38 bits per heavy atom. The molecule has 0 spiro atoms. The third kappa shape index (κ3) is 3.01. The molecule has 2 aromatic rings. The molecule has 6 nitrogen and oxygen atoms in total. The Balaban J connectivity index is 1.74. The number of aliphatic hydroxyl groups is 1. The van der Waals surface area contributed by atoms with E-state index in [2.05, 4.69) is 15.7 Å². The predicted molar refractivity (Wildman–Crippen MR) is 92.9 cm³/mol. The van der Waals surface area contributed by atoms with E-state index in [9.17, 15) is 9.90 Å². The first kappa shape index (κ1) is 16.5. The van der Waals surface area contributed by atoms with Crippen LogP contribution in [0, 0.1) is 0 Å². The van der Waals surface area contributed by atoms with Gasteiger partial charge in [0.05, 0.1) is 29.6 Å². The van der Waals surface area contributed by atoms with Crippen LogP contribution in [-0.2, 0) is 17.5 Å². The SMILES string of the molecule is CC(C)(C)n1cc(NC(=O)NC2(CO)CCc3ccccc32)cn1. The second kappa shape index (κ2) is 5.94. The van der Waals surface area contributed by atoms with Crippen LogP contribution in [0.2, 0.25) is 0 Å². The number of hydrogen-bond acceptors (Lipinski definition) is 3. The van der Waals surface area contributed by atoms with E-state index in [4.69, 9.17) is 0 Å². The molecule has 3 rings (SSSR count). The second-order valence-electron chi connectivity index (χ2n) is 7.32. The van der Waals surface area contributed by atoms with Gasteiger partial charge in [-0.2, -0.15) is 5.10 Å². The van der Waals surface area contributed by atoms with Crippen molar-refractivity contribution in [2.24, 2.45) is 0 Å². The first-order valence-electron chi connectivity index (χ1n) is 8.18. The van der Waals surface area contributed by atoms with Crippen LogP contribution in [0.15, 0.2) is 36.7 Å². The molecular weight excluding hydrogens is 304 g/mol. The highest BCUT2D eigenvalue weighted by atomic mass is 16.3. The van der Waals surface area contributed by atoms with Gasteiger partial charge < -0.3 is 15.7 Å². The summed E-state index contributed by atoms with van der Waals surface area (Å²) in [5.74, 6) is 0. The lowest BCUT2D eigenvalue weighted by atomic mass is 9.93. The summed E-state index contributed by atoms with van der Waals surface area (Å²) in [7, 11) is 0. The molecule has 0 saturated heterocycles. The fourth-order valence-corrected chi connectivity index (χ4v) is 3.16. The molecule has 1 aromatic heterocycles. The number of amides is 2. The lowest BCUT2D eigenvalue weighted by Gasteiger charge is -2.29. The minimum Gasteiger partial charge on any atom is -0.394 e. The number of carbonyl (C=O) groups excluding carboxylic acids is 1. The fraction of sp³-hybridized carbons (Fsp3) is 0.444. The largest absolute Gasteiger partial charge is 0.394 e. The average Bonchev–Trinajstić information content (AvgIpc) is 3.13. The molecule has 2 amide bonds. The maximum atomic E-state index is 12.4. The molecule has 1 heterocycles. The van der Waals surface area contributed by atoms with Crippen molar-refractivity contribution in [2.45, 2.75) is 44.7 Å². The van der Waals surface area contributed by atoms with Crippen molar-refractivity contribution in [3.8, 4) is 0 Å². The van der Waals surface area contributed by atoms with Crippen LogP contribution < -0.4 is 10.6 Å². The lowest BCUT2D eigenvalue weighted by Crippen LogP contribution is -2.48. The van der Waals surface area contributed by atoms with Gasteiger partial charge in [-0.05, 0) is 44.7 Å². The summed E-state index contributed by atoms with van der Waals surface area (Å²) in [6.07, 6.45) is 4.96. The molecule has 128 valence electrons. The quantitative estimate of drug-likeness (QED) is 0.810. The topological polar surface area (TPSA) is 79.2 Å². The van der Waals surface area contributed by atoms with Crippen molar-refractivity contribution >= 4 is 11.7 Å². The molecule has 0 aliphatic heterocycles. The number of anilines is 1. The summed E-state index contributed by atoms with van der Waals surface area (Å²) in [4.78, 5) is 12.4. The number of aliphatic hydroxyl groups excluding tert-OH is 1. The summed E-state index contributed by atoms with van der Waals surface area (Å²) in [5.41, 5.74) is 1.93. The highest BCUT2D eigenvalue weighted by molar-refractivity contribution is 5.89. The summed E-state index contributed by atoms with van der Waals surface area (Å²) >= 11 is 0. The molecule has 1 unspecified atom stereocenters. The van der Waals surface area contributed by atoms with Crippen LogP contribution in [0.3, 0.4) is 0 Å². The van der Waals surface area contributed by atoms with Crippen LogP contribution in [-0.4, -0.2) is 27.5 Å². The van der Waals surface area contributed by atoms with Gasteiger partial charge in [0.1, 0.15) is 0 Å². The Bertz CT molecular complexity index is 747. The van der Waals surface area contributed by atoms with Crippen LogP contribution >= 0.6 is 0 Å². The van der Waals surface area contributed by atoms with Gasteiger partial charge >= 0.3 is 6.03 Å². The van der Waals surface area contributed by atoms with E-state index in [1.807, 2.05) is 45.0 Å². The smallest absolute Gasteiger partial charge is 0.320 e. The first-order chi connectivity index (χ1) is 11.3. The molecule has 1 aromatic carbocycles. The monoisotopic (exact) mass is 328 g/mol. The minimum atomic E-state index is -0.722. The number of rotatable bonds is 3. The Kier molecular flexibility index (Phi) is 4.09. The molecular formula is C18H24N4O2. The molecule has 1 atom stereocenters. The number of aryl methyl sites for hydroxylation is 1. The summed E-state index contributed by atoms with van der Waals surface area (Å²) in [5, 5.41) is 20.0. The van der Waals surface area contributed by atoms with Gasteiger partial charge in [0.25, 0.3) is 0 Å². The zero-order valence-electron chi connectivity index (χ0n) is 14.3. The lowest BCUT2D eigenvalue weighted by molar-refractivity contribution is 0.164. The van der Waals surface area contributed by atoms with Crippen LogP contribution in [0.4, 0.5) is 10.5 Å². The van der Waals surface area contributed by atoms with E-state index in [1.54, 1.807) is 17.1 Å². The van der Waals surface area contributed by atoms with Gasteiger partial charge in [-0.15, -0.1) is 0 Å². The standard InChI is InChI=1S/C18H24N4O2/c1-17(2,3)22-11-14(10-19-22)20-16(24)21-18(12-23)9-8-13-6-4-5-7-15(13)18/h4-7,10-11,23H,8-9,12H2,1-3H3,(H2,20,21,24). The van der Waals surface area contributed by atoms with Crippen molar-refractivity contribution in [1.29, 1.82) is 0 Å². The fourth-order valence-electron chi connectivity index (χ4n) is 3.16. The van der Waals surface area contributed by atoms with Crippen LogP contribution in [0.1, 0.15) is 38.3 Å². The molecule has 0 bridgehead atoms. The molecule has 0 fully saturated rings. The van der Waals surface area contributed by atoms with Gasteiger partial charge in [-0.1, -0.05) is 24.3 Å². The maximum absolute atomic E-state index is 12.4. The maximum Gasteiger partial charge on any atom is 0.320 e. The summed E-state index contributed by atoms with van der Waals surface area (Å²) in [6, 6.07) is 7.58. The number of urea groups is 1. The Hall–Kier alpha value is -2.34. The van der Waals surface area contributed by atoms with E-state index < -0.39 is 5.54 Å². The summed E-state index contributed by atoms with van der Waals surface area (Å²) < 4.78 is 1.80. The van der Waals surface area contributed by atoms with Gasteiger partial charge in [-0.25, -0.2) is 4.79 Å². The second-order valence-corrected chi connectivity index (χ2v) is 7.32. The Morgan fingerprint density at radius 2 is 2.12 bits per heavy atom. The molecule has 24 heavy (non-hydrogen) atoms. The van der Waals surface area contributed by atoms with E-state index in [1.165, 1.54) is 5.56 Å². The van der Waals surface area contributed by atoms with E-state index in [0.29, 0.717) is 12.1 Å². The van der Waals surface area contributed by atoms with Crippen LogP contribution in [0.5, 0.6) is 0 Å².